The molecule has 4 heteroatoms. The molecular formula is C17H27FN2O. The molecule has 3 nitrogen and oxygen atoms in total. The molecule has 1 aliphatic heterocycles. The van der Waals surface area contributed by atoms with Gasteiger partial charge in [-0.05, 0) is 57.5 Å². The molecule has 1 aliphatic rings. The molecule has 0 bridgehead atoms. The van der Waals surface area contributed by atoms with Gasteiger partial charge in [0.05, 0.1) is 12.2 Å². The van der Waals surface area contributed by atoms with Crippen LogP contribution in [0.1, 0.15) is 32.3 Å². The normalized spacial score (nSPS) is 23.4. The summed E-state index contributed by atoms with van der Waals surface area (Å²) in [6, 6.07) is 6.69. The molecule has 0 amide bonds. The largest absolute Gasteiger partial charge is 0.373 e. The molecule has 0 radical (unpaired) electrons. The molecule has 0 spiro atoms. The van der Waals surface area contributed by atoms with Crippen LogP contribution in [0.4, 0.5) is 4.39 Å². The van der Waals surface area contributed by atoms with E-state index in [1.807, 2.05) is 12.1 Å². The Hall–Kier alpha value is -0.970. The van der Waals surface area contributed by atoms with Crippen molar-refractivity contribution in [3.63, 3.8) is 0 Å². The van der Waals surface area contributed by atoms with E-state index in [0.717, 1.165) is 38.3 Å². The highest BCUT2D eigenvalue weighted by molar-refractivity contribution is 5.15. The maximum absolute atomic E-state index is 12.8. The number of hydrogen-bond donors (Lipinski definition) is 1. The zero-order valence-corrected chi connectivity index (χ0v) is 13.1. The average Bonchev–Trinajstić information content (AvgIpc) is 2.43. The molecule has 1 aromatic carbocycles. The highest BCUT2D eigenvalue weighted by Gasteiger charge is 2.21. The average molecular weight is 294 g/mol. The zero-order valence-electron chi connectivity index (χ0n) is 13.1. The van der Waals surface area contributed by atoms with E-state index >= 15 is 0 Å². The lowest BCUT2D eigenvalue weighted by molar-refractivity contribution is -0.0681. The Labute approximate surface area is 127 Å². The van der Waals surface area contributed by atoms with Gasteiger partial charge in [-0.2, -0.15) is 0 Å². The van der Waals surface area contributed by atoms with E-state index in [2.05, 4.69) is 24.1 Å². The number of ether oxygens (including phenoxy) is 1. The lowest BCUT2D eigenvalue weighted by Gasteiger charge is -2.35. The second kappa shape index (κ2) is 8.47. The van der Waals surface area contributed by atoms with Gasteiger partial charge in [0.2, 0.25) is 0 Å². The second-order valence-corrected chi connectivity index (χ2v) is 6.03. The Kier molecular flexibility index (Phi) is 6.61. The van der Waals surface area contributed by atoms with Gasteiger partial charge in [-0.25, -0.2) is 4.39 Å². The smallest absolute Gasteiger partial charge is 0.123 e. The number of hydrogen-bond acceptors (Lipinski definition) is 3. The Morgan fingerprint density at radius 1 is 1.14 bits per heavy atom. The number of nitrogens with one attached hydrogen (secondary N) is 1. The van der Waals surface area contributed by atoms with Crippen LogP contribution >= 0.6 is 0 Å². The zero-order chi connectivity index (χ0) is 15.1. The molecule has 1 heterocycles. The minimum Gasteiger partial charge on any atom is -0.373 e. The van der Waals surface area contributed by atoms with Crippen LogP contribution in [0.2, 0.25) is 0 Å². The van der Waals surface area contributed by atoms with E-state index in [1.54, 1.807) is 0 Å². The number of nitrogens with zero attached hydrogens (tertiary/aromatic N) is 1. The van der Waals surface area contributed by atoms with Gasteiger partial charge in [0, 0.05) is 19.6 Å². The van der Waals surface area contributed by atoms with Gasteiger partial charge in [-0.1, -0.05) is 12.1 Å². The van der Waals surface area contributed by atoms with Crippen LogP contribution in [-0.2, 0) is 11.3 Å². The predicted molar refractivity (Wildman–Crippen MR) is 83.8 cm³/mol. The second-order valence-electron chi connectivity index (χ2n) is 6.03. The number of morpholine rings is 1. The first kappa shape index (κ1) is 16.4. The summed E-state index contributed by atoms with van der Waals surface area (Å²) in [5, 5.41) is 3.41. The monoisotopic (exact) mass is 294 g/mol. The fraction of sp³-hybridized carbons (Fsp3) is 0.647. The van der Waals surface area contributed by atoms with Crippen LogP contribution in [0.25, 0.3) is 0 Å². The maximum atomic E-state index is 12.8. The quantitative estimate of drug-likeness (QED) is 0.783. The molecule has 2 rings (SSSR count). The third-order valence-corrected chi connectivity index (χ3v) is 3.82. The van der Waals surface area contributed by atoms with Crippen LogP contribution in [0.15, 0.2) is 24.3 Å². The van der Waals surface area contributed by atoms with E-state index < -0.39 is 0 Å². The molecule has 1 N–H and O–H groups in total. The highest BCUT2D eigenvalue weighted by Crippen LogP contribution is 2.11. The van der Waals surface area contributed by atoms with Crippen molar-refractivity contribution in [1.29, 1.82) is 0 Å². The Balaban J connectivity index is 1.53. The van der Waals surface area contributed by atoms with Crippen molar-refractivity contribution in [2.24, 2.45) is 0 Å². The molecule has 1 aromatic rings. The summed E-state index contributed by atoms with van der Waals surface area (Å²) in [5.74, 6) is -0.173. The summed E-state index contributed by atoms with van der Waals surface area (Å²) < 4.78 is 18.5. The van der Waals surface area contributed by atoms with Gasteiger partial charge in [0.25, 0.3) is 0 Å². The summed E-state index contributed by atoms with van der Waals surface area (Å²) in [6.45, 7) is 9.36. The van der Waals surface area contributed by atoms with E-state index in [4.69, 9.17) is 4.74 Å². The molecule has 0 aromatic heterocycles. The van der Waals surface area contributed by atoms with E-state index in [1.165, 1.54) is 25.0 Å². The number of unbranched alkanes of at least 4 members (excludes halogenated alkanes) is 1. The first-order chi connectivity index (χ1) is 10.1. The number of halogens is 1. The molecule has 1 fully saturated rings. The van der Waals surface area contributed by atoms with Crippen molar-refractivity contribution in [3.05, 3.63) is 35.6 Å². The fourth-order valence-electron chi connectivity index (χ4n) is 2.89. The van der Waals surface area contributed by atoms with Crippen molar-refractivity contribution >= 4 is 0 Å². The number of rotatable bonds is 7. The summed E-state index contributed by atoms with van der Waals surface area (Å²) in [7, 11) is 0. The topological polar surface area (TPSA) is 24.5 Å². The Morgan fingerprint density at radius 3 is 2.48 bits per heavy atom. The van der Waals surface area contributed by atoms with E-state index in [-0.39, 0.29) is 5.82 Å². The standard InChI is InChI=1S/C17H27FN2O/c1-14-12-20(13-15(2)21-14)10-4-3-9-19-11-16-5-7-17(18)8-6-16/h5-8,14-15,19H,3-4,9-13H2,1-2H3. The molecular weight excluding hydrogens is 267 g/mol. The minimum atomic E-state index is -0.173. The third kappa shape index (κ3) is 6.12. The van der Waals surface area contributed by atoms with Crippen molar-refractivity contribution in [2.75, 3.05) is 26.2 Å². The van der Waals surface area contributed by atoms with Crippen molar-refractivity contribution in [1.82, 2.24) is 10.2 Å². The van der Waals surface area contributed by atoms with Crippen LogP contribution in [0.5, 0.6) is 0 Å². The molecule has 2 unspecified atom stereocenters. The highest BCUT2D eigenvalue weighted by atomic mass is 19.1. The van der Waals surface area contributed by atoms with Gasteiger partial charge >= 0.3 is 0 Å². The van der Waals surface area contributed by atoms with Gasteiger partial charge in [-0.15, -0.1) is 0 Å². The van der Waals surface area contributed by atoms with Crippen molar-refractivity contribution < 1.29 is 9.13 Å². The van der Waals surface area contributed by atoms with Gasteiger partial charge in [0.15, 0.2) is 0 Å². The van der Waals surface area contributed by atoms with E-state index in [9.17, 15) is 4.39 Å². The minimum absolute atomic E-state index is 0.173. The maximum Gasteiger partial charge on any atom is 0.123 e. The first-order valence-corrected chi connectivity index (χ1v) is 7.96. The summed E-state index contributed by atoms with van der Waals surface area (Å²) in [5.41, 5.74) is 1.13. The molecule has 118 valence electrons. The van der Waals surface area contributed by atoms with Gasteiger partial charge < -0.3 is 10.1 Å². The molecule has 0 aliphatic carbocycles. The van der Waals surface area contributed by atoms with Crippen LogP contribution in [-0.4, -0.2) is 43.3 Å². The lowest BCUT2D eigenvalue weighted by Crippen LogP contribution is -2.45. The summed E-state index contributed by atoms with van der Waals surface area (Å²) in [6.07, 6.45) is 3.08. The van der Waals surface area contributed by atoms with E-state index in [0.29, 0.717) is 12.2 Å². The lowest BCUT2D eigenvalue weighted by atomic mass is 10.2. The van der Waals surface area contributed by atoms with Gasteiger partial charge in [0.1, 0.15) is 5.82 Å². The van der Waals surface area contributed by atoms with Crippen LogP contribution in [0.3, 0.4) is 0 Å². The SMILES string of the molecule is CC1CN(CCCCNCc2ccc(F)cc2)CC(C)O1. The molecule has 2 atom stereocenters. The summed E-state index contributed by atoms with van der Waals surface area (Å²) >= 11 is 0. The number of benzene rings is 1. The van der Waals surface area contributed by atoms with Crippen LogP contribution in [0, 0.1) is 5.82 Å². The predicted octanol–water partition coefficient (Wildman–Crippen LogP) is 2.80. The molecule has 0 saturated carbocycles. The molecule has 1 saturated heterocycles. The van der Waals surface area contributed by atoms with Crippen molar-refractivity contribution in [3.8, 4) is 0 Å². The fourth-order valence-corrected chi connectivity index (χ4v) is 2.89. The van der Waals surface area contributed by atoms with Crippen LogP contribution < -0.4 is 5.32 Å². The Morgan fingerprint density at radius 2 is 1.81 bits per heavy atom. The van der Waals surface area contributed by atoms with Gasteiger partial charge in [-0.3, -0.25) is 4.90 Å². The summed E-state index contributed by atoms with van der Waals surface area (Å²) in [4.78, 5) is 2.50. The first-order valence-electron chi connectivity index (χ1n) is 7.96. The third-order valence-electron chi connectivity index (χ3n) is 3.82. The molecule has 21 heavy (non-hydrogen) atoms. The van der Waals surface area contributed by atoms with Crippen molar-refractivity contribution in [2.45, 2.75) is 45.4 Å². The Bertz CT molecular complexity index is 400.